The number of nitrogens with zero attached hydrogens (tertiary/aromatic N) is 3. The van der Waals surface area contributed by atoms with Crippen LogP contribution >= 0.6 is 0 Å². The normalized spacial score (nSPS) is 12.5. The van der Waals surface area contributed by atoms with Crippen molar-refractivity contribution in [3.05, 3.63) is 65.9 Å². The second-order valence-electron chi connectivity index (χ2n) is 4.80. The van der Waals surface area contributed by atoms with Gasteiger partial charge in [-0.2, -0.15) is 0 Å². The zero-order valence-corrected chi connectivity index (χ0v) is 11.5. The first-order chi connectivity index (χ1) is 9.78. The van der Waals surface area contributed by atoms with Gasteiger partial charge in [0.2, 0.25) is 0 Å². The van der Waals surface area contributed by atoms with E-state index in [1.807, 2.05) is 50.8 Å². The van der Waals surface area contributed by atoms with E-state index in [4.69, 9.17) is 0 Å². The average Bonchev–Trinajstić information content (AvgIpc) is 2.50. The lowest BCUT2D eigenvalue weighted by molar-refractivity contribution is 0.644. The van der Waals surface area contributed by atoms with Crippen LogP contribution in [0.3, 0.4) is 0 Å². The predicted octanol–water partition coefficient (Wildman–Crippen LogP) is 2.64. The highest BCUT2D eigenvalue weighted by atomic mass is 15.0. The van der Waals surface area contributed by atoms with Gasteiger partial charge in [0.1, 0.15) is 5.82 Å². The molecule has 0 aliphatic heterocycles. The molecular weight excluding hydrogens is 248 g/mol. The first kappa shape index (κ1) is 12.7. The molecule has 2 heterocycles. The van der Waals surface area contributed by atoms with Crippen molar-refractivity contribution in [3.8, 4) is 0 Å². The van der Waals surface area contributed by atoms with Gasteiger partial charge in [0.05, 0.1) is 11.6 Å². The van der Waals surface area contributed by atoms with E-state index in [-0.39, 0.29) is 6.04 Å². The summed E-state index contributed by atoms with van der Waals surface area (Å²) in [6.07, 6.45) is 5.55. The van der Waals surface area contributed by atoms with Crippen LogP contribution in [-0.2, 0) is 0 Å². The van der Waals surface area contributed by atoms with Gasteiger partial charge in [-0.15, -0.1) is 0 Å². The molecular formula is C16H16N4. The third-order valence-corrected chi connectivity index (χ3v) is 3.29. The number of hydrogen-bond acceptors (Lipinski definition) is 4. The summed E-state index contributed by atoms with van der Waals surface area (Å²) >= 11 is 0. The fourth-order valence-electron chi connectivity index (χ4n) is 2.24. The van der Waals surface area contributed by atoms with Gasteiger partial charge in [-0.25, -0.2) is 9.97 Å². The van der Waals surface area contributed by atoms with Crippen molar-refractivity contribution < 1.29 is 0 Å². The maximum absolute atomic E-state index is 4.50. The molecule has 1 atom stereocenters. The molecule has 0 fully saturated rings. The monoisotopic (exact) mass is 264 g/mol. The molecule has 4 nitrogen and oxygen atoms in total. The molecule has 4 heteroatoms. The molecule has 0 amide bonds. The first-order valence-corrected chi connectivity index (χ1v) is 6.58. The summed E-state index contributed by atoms with van der Waals surface area (Å²) in [7, 11) is 1.91. The third-order valence-electron chi connectivity index (χ3n) is 3.29. The van der Waals surface area contributed by atoms with Gasteiger partial charge in [0, 0.05) is 24.0 Å². The molecule has 0 aliphatic carbocycles. The smallest absolute Gasteiger partial charge is 0.149 e. The highest BCUT2D eigenvalue weighted by Gasteiger charge is 2.15. The molecule has 0 saturated heterocycles. The van der Waals surface area contributed by atoms with Crippen molar-refractivity contribution in [1.82, 2.24) is 20.3 Å². The molecule has 2 aromatic heterocycles. The number of pyridine rings is 1. The number of benzene rings is 1. The fraction of sp³-hybridized carbons (Fsp3) is 0.188. The SMILES string of the molecule is CNC(c1cnc2ccccc2c1)c1ncc(C)cn1. The molecule has 20 heavy (non-hydrogen) atoms. The number of aryl methyl sites for hydroxylation is 1. The second kappa shape index (κ2) is 5.35. The topological polar surface area (TPSA) is 50.7 Å². The lowest BCUT2D eigenvalue weighted by atomic mass is 10.1. The van der Waals surface area contributed by atoms with Gasteiger partial charge in [0.25, 0.3) is 0 Å². The minimum absolute atomic E-state index is 0.0484. The molecule has 1 unspecified atom stereocenters. The Kier molecular flexibility index (Phi) is 3.39. The Morgan fingerprint density at radius 1 is 1.00 bits per heavy atom. The number of aromatic nitrogens is 3. The van der Waals surface area contributed by atoms with Crippen molar-refractivity contribution in [2.45, 2.75) is 13.0 Å². The average molecular weight is 264 g/mol. The first-order valence-electron chi connectivity index (χ1n) is 6.58. The quantitative estimate of drug-likeness (QED) is 0.790. The third kappa shape index (κ3) is 2.38. The minimum atomic E-state index is -0.0484. The molecule has 0 saturated carbocycles. The van der Waals surface area contributed by atoms with E-state index in [0.717, 1.165) is 27.9 Å². The van der Waals surface area contributed by atoms with Gasteiger partial charge in [-0.05, 0) is 37.2 Å². The van der Waals surface area contributed by atoms with Crippen LogP contribution in [0.15, 0.2) is 48.9 Å². The lowest BCUT2D eigenvalue weighted by Crippen LogP contribution is -2.20. The van der Waals surface area contributed by atoms with Crippen LogP contribution < -0.4 is 5.32 Å². The van der Waals surface area contributed by atoms with Gasteiger partial charge in [-0.1, -0.05) is 18.2 Å². The van der Waals surface area contributed by atoms with E-state index in [1.54, 1.807) is 0 Å². The molecule has 3 rings (SSSR count). The van der Waals surface area contributed by atoms with Gasteiger partial charge < -0.3 is 5.32 Å². The number of para-hydroxylation sites is 1. The molecule has 0 aliphatic rings. The lowest BCUT2D eigenvalue weighted by Gasteiger charge is -2.15. The van der Waals surface area contributed by atoms with Crippen LogP contribution in [0.5, 0.6) is 0 Å². The molecule has 1 N–H and O–H groups in total. The Morgan fingerprint density at radius 2 is 1.75 bits per heavy atom. The highest BCUT2D eigenvalue weighted by molar-refractivity contribution is 5.78. The number of fused-ring (bicyclic) bond motifs is 1. The molecule has 0 radical (unpaired) electrons. The van der Waals surface area contributed by atoms with E-state index >= 15 is 0 Å². The van der Waals surface area contributed by atoms with E-state index < -0.39 is 0 Å². The summed E-state index contributed by atoms with van der Waals surface area (Å²) in [5.41, 5.74) is 3.12. The van der Waals surface area contributed by atoms with Crippen LogP contribution in [0.25, 0.3) is 10.9 Å². The van der Waals surface area contributed by atoms with Crippen molar-refractivity contribution in [2.24, 2.45) is 0 Å². The Balaban J connectivity index is 2.04. The van der Waals surface area contributed by atoms with Crippen LogP contribution in [0, 0.1) is 6.92 Å². The van der Waals surface area contributed by atoms with Crippen LogP contribution in [0.2, 0.25) is 0 Å². The maximum atomic E-state index is 4.50. The summed E-state index contributed by atoms with van der Waals surface area (Å²) in [6.45, 7) is 1.98. The van der Waals surface area contributed by atoms with E-state index in [0.29, 0.717) is 0 Å². The van der Waals surface area contributed by atoms with E-state index in [2.05, 4.69) is 32.4 Å². The summed E-state index contributed by atoms with van der Waals surface area (Å²) in [6, 6.07) is 10.2. The second-order valence-corrected chi connectivity index (χ2v) is 4.80. The number of nitrogens with one attached hydrogen (secondary N) is 1. The molecule has 100 valence electrons. The van der Waals surface area contributed by atoms with E-state index in [1.165, 1.54) is 0 Å². The van der Waals surface area contributed by atoms with Crippen LogP contribution in [0.4, 0.5) is 0 Å². The van der Waals surface area contributed by atoms with E-state index in [9.17, 15) is 0 Å². The highest BCUT2D eigenvalue weighted by Crippen LogP contribution is 2.21. The Labute approximate surface area is 117 Å². The van der Waals surface area contributed by atoms with Gasteiger partial charge >= 0.3 is 0 Å². The standard InChI is InChI=1S/C16H16N4/c1-11-8-19-16(20-9-11)15(17-2)13-7-12-5-3-4-6-14(12)18-10-13/h3-10,15,17H,1-2H3. The largest absolute Gasteiger partial charge is 0.307 e. The summed E-state index contributed by atoms with van der Waals surface area (Å²) in [4.78, 5) is 13.3. The Bertz CT molecular complexity index is 722. The molecule has 3 aromatic rings. The van der Waals surface area contributed by atoms with Crippen molar-refractivity contribution >= 4 is 10.9 Å². The van der Waals surface area contributed by atoms with Crippen molar-refractivity contribution in [3.63, 3.8) is 0 Å². The van der Waals surface area contributed by atoms with Crippen LogP contribution in [0.1, 0.15) is 23.0 Å². The summed E-state index contributed by atoms with van der Waals surface area (Å²) in [5, 5.41) is 4.38. The Morgan fingerprint density at radius 3 is 2.50 bits per heavy atom. The Hall–Kier alpha value is -2.33. The van der Waals surface area contributed by atoms with Crippen molar-refractivity contribution in [1.29, 1.82) is 0 Å². The summed E-state index contributed by atoms with van der Waals surface area (Å²) in [5.74, 6) is 0.759. The minimum Gasteiger partial charge on any atom is -0.307 e. The van der Waals surface area contributed by atoms with Gasteiger partial charge in [0.15, 0.2) is 0 Å². The van der Waals surface area contributed by atoms with Gasteiger partial charge in [-0.3, -0.25) is 4.98 Å². The zero-order valence-electron chi connectivity index (χ0n) is 11.5. The predicted molar refractivity (Wildman–Crippen MR) is 79.4 cm³/mol. The number of hydrogen-bond donors (Lipinski definition) is 1. The van der Waals surface area contributed by atoms with Crippen LogP contribution in [-0.4, -0.2) is 22.0 Å². The number of rotatable bonds is 3. The van der Waals surface area contributed by atoms with Crippen molar-refractivity contribution in [2.75, 3.05) is 7.05 Å². The molecule has 0 spiro atoms. The maximum Gasteiger partial charge on any atom is 0.149 e. The fourth-order valence-corrected chi connectivity index (χ4v) is 2.24. The zero-order chi connectivity index (χ0) is 13.9. The molecule has 1 aromatic carbocycles. The summed E-state index contributed by atoms with van der Waals surface area (Å²) < 4.78 is 0. The molecule has 0 bridgehead atoms.